The van der Waals surface area contributed by atoms with Gasteiger partial charge < -0.3 is 15.2 Å². The van der Waals surface area contributed by atoms with E-state index >= 15 is 0 Å². The van der Waals surface area contributed by atoms with Gasteiger partial charge in [-0.05, 0) is 19.1 Å². The minimum atomic E-state index is -0.408. The van der Waals surface area contributed by atoms with Crippen LogP contribution in [0.15, 0.2) is 42.1 Å². The number of aromatic nitrogens is 3. The summed E-state index contributed by atoms with van der Waals surface area (Å²) in [6.45, 7) is 6.33. The number of hydrogen-bond donors (Lipinski definition) is 1. The molecule has 2 atom stereocenters. The van der Waals surface area contributed by atoms with Crippen molar-refractivity contribution in [3.63, 3.8) is 0 Å². The summed E-state index contributed by atoms with van der Waals surface area (Å²) in [7, 11) is 0. The minimum absolute atomic E-state index is 0.336. The number of carbonyl (C=O) groups excluding carboxylic acids is 1. The van der Waals surface area contributed by atoms with Gasteiger partial charge in [-0.15, -0.1) is 16.8 Å². The quantitative estimate of drug-likeness (QED) is 0.635. The minimum Gasteiger partial charge on any atom is -0.485 e. The second-order valence-electron chi connectivity index (χ2n) is 5.27. The van der Waals surface area contributed by atoms with E-state index in [1.54, 1.807) is 13.0 Å². The summed E-state index contributed by atoms with van der Waals surface area (Å²) in [6, 6.07) is 7.48. The summed E-state index contributed by atoms with van der Waals surface area (Å²) >= 11 is 1.26. The van der Waals surface area contributed by atoms with E-state index in [0.717, 1.165) is 0 Å². The number of rotatable bonds is 6. The summed E-state index contributed by atoms with van der Waals surface area (Å²) in [6.07, 6.45) is 1.36. The summed E-state index contributed by atoms with van der Waals surface area (Å²) in [4.78, 5) is 11.3. The summed E-state index contributed by atoms with van der Waals surface area (Å²) in [5.74, 6) is 1.60. The second kappa shape index (κ2) is 6.96. The fourth-order valence-electron chi connectivity index (χ4n) is 2.29. The van der Waals surface area contributed by atoms with E-state index in [2.05, 4.69) is 16.8 Å². The molecule has 8 heteroatoms. The maximum atomic E-state index is 11.3. The van der Waals surface area contributed by atoms with Crippen LogP contribution in [-0.2, 0) is 11.3 Å². The first kappa shape index (κ1) is 16.4. The molecule has 2 N–H and O–H groups in total. The number of nitrogens with two attached hydrogens (primary N) is 1. The number of para-hydroxylation sites is 2. The Morgan fingerprint density at radius 1 is 1.50 bits per heavy atom. The first-order valence-electron chi connectivity index (χ1n) is 7.48. The molecule has 1 aliphatic heterocycles. The van der Waals surface area contributed by atoms with Crippen LogP contribution in [0.1, 0.15) is 18.9 Å². The van der Waals surface area contributed by atoms with Crippen molar-refractivity contribution in [2.45, 2.75) is 30.0 Å². The molecule has 0 aliphatic carbocycles. The molecule has 1 amide bonds. The van der Waals surface area contributed by atoms with Crippen LogP contribution in [0.4, 0.5) is 0 Å². The van der Waals surface area contributed by atoms with E-state index in [4.69, 9.17) is 15.2 Å². The molecule has 2 heterocycles. The summed E-state index contributed by atoms with van der Waals surface area (Å²) < 4.78 is 13.6. The van der Waals surface area contributed by atoms with Gasteiger partial charge in [0.05, 0.1) is 5.25 Å². The van der Waals surface area contributed by atoms with Gasteiger partial charge in [-0.25, -0.2) is 0 Å². The van der Waals surface area contributed by atoms with Crippen molar-refractivity contribution in [3.8, 4) is 11.5 Å². The number of carbonyl (C=O) groups is 1. The number of ether oxygens (including phenoxy) is 2. The lowest BCUT2D eigenvalue weighted by molar-refractivity contribution is -0.117. The lowest BCUT2D eigenvalue weighted by Crippen LogP contribution is -2.25. The van der Waals surface area contributed by atoms with Gasteiger partial charge in [-0.1, -0.05) is 30.0 Å². The molecule has 0 spiro atoms. The topological polar surface area (TPSA) is 92.3 Å². The Morgan fingerprint density at radius 2 is 2.25 bits per heavy atom. The van der Waals surface area contributed by atoms with Crippen molar-refractivity contribution in [2.75, 3.05) is 6.61 Å². The highest BCUT2D eigenvalue weighted by Crippen LogP contribution is 2.36. The van der Waals surface area contributed by atoms with E-state index in [-0.39, 0.29) is 6.10 Å². The molecule has 24 heavy (non-hydrogen) atoms. The van der Waals surface area contributed by atoms with Crippen molar-refractivity contribution in [2.24, 2.45) is 5.73 Å². The fraction of sp³-hybridized carbons (Fsp3) is 0.312. The van der Waals surface area contributed by atoms with Crippen molar-refractivity contribution in [1.82, 2.24) is 14.8 Å². The molecule has 7 nitrogen and oxygen atoms in total. The Balaban J connectivity index is 1.87. The third kappa shape index (κ3) is 3.23. The van der Waals surface area contributed by atoms with Crippen LogP contribution >= 0.6 is 11.8 Å². The molecule has 1 aromatic heterocycles. The number of thioether (sulfide) groups is 1. The maximum absolute atomic E-state index is 11.3. The number of allylic oxidation sites excluding steroid dienone is 1. The zero-order valence-corrected chi connectivity index (χ0v) is 14.0. The SMILES string of the molecule is C=CCn1c(S[C@@H](C)C(N)=O)nnc1[C@@H]1COc2ccccc2O1. The molecule has 0 radical (unpaired) electrons. The van der Waals surface area contributed by atoms with Gasteiger partial charge in [0.2, 0.25) is 5.91 Å². The highest BCUT2D eigenvalue weighted by molar-refractivity contribution is 8.00. The van der Waals surface area contributed by atoms with E-state index in [1.807, 2.05) is 28.8 Å². The average Bonchev–Trinajstić information content (AvgIpc) is 2.97. The highest BCUT2D eigenvalue weighted by Gasteiger charge is 2.29. The Morgan fingerprint density at radius 3 is 2.96 bits per heavy atom. The van der Waals surface area contributed by atoms with Crippen molar-refractivity contribution in [1.29, 1.82) is 0 Å². The normalized spacial score (nSPS) is 17.3. The summed E-state index contributed by atoms with van der Waals surface area (Å²) in [5, 5.41) is 8.59. The monoisotopic (exact) mass is 346 g/mol. The van der Waals surface area contributed by atoms with Crippen LogP contribution in [0, 0.1) is 0 Å². The number of nitrogens with zero attached hydrogens (tertiary/aromatic N) is 3. The first-order valence-corrected chi connectivity index (χ1v) is 8.36. The zero-order valence-electron chi connectivity index (χ0n) is 13.2. The molecule has 1 aromatic carbocycles. The molecule has 0 unspecified atom stereocenters. The van der Waals surface area contributed by atoms with Crippen molar-refractivity contribution < 1.29 is 14.3 Å². The molecule has 1 aliphatic rings. The van der Waals surface area contributed by atoms with Crippen LogP contribution in [0.5, 0.6) is 11.5 Å². The van der Waals surface area contributed by atoms with Gasteiger partial charge in [-0.3, -0.25) is 9.36 Å². The van der Waals surface area contributed by atoms with Crippen LogP contribution in [0.25, 0.3) is 0 Å². The maximum Gasteiger partial charge on any atom is 0.230 e. The Bertz CT molecular complexity index is 762. The summed E-state index contributed by atoms with van der Waals surface area (Å²) in [5.41, 5.74) is 5.33. The lowest BCUT2D eigenvalue weighted by Gasteiger charge is -2.26. The smallest absolute Gasteiger partial charge is 0.230 e. The van der Waals surface area contributed by atoms with E-state index in [9.17, 15) is 4.79 Å². The average molecular weight is 346 g/mol. The van der Waals surface area contributed by atoms with Gasteiger partial charge in [0, 0.05) is 6.54 Å². The molecular weight excluding hydrogens is 328 g/mol. The molecule has 0 bridgehead atoms. The Hall–Kier alpha value is -2.48. The number of fused-ring (bicyclic) bond motifs is 1. The number of hydrogen-bond acceptors (Lipinski definition) is 6. The highest BCUT2D eigenvalue weighted by atomic mass is 32.2. The van der Waals surface area contributed by atoms with Crippen LogP contribution in [-0.4, -0.2) is 32.5 Å². The number of amides is 1. The first-order chi connectivity index (χ1) is 11.6. The fourth-order valence-corrected chi connectivity index (χ4v) is 3.10. The third-order valence-electron chi connectivity index (χ3n) is 3.54. The molecule has 0 saturated heterocycles. The predicted octanol–water partition coefficient (Wildman–Crippen LogP) is 1.94. The van der Waals surface area contributed by atoms with Gasteiger partial charge in [0.25, 0.3) is 0 Å². The molecular formula is C16H18N4O3S. The van der Waals surface area contributed by atoms with E-state index < -0.39 is 11.2 Å². The van der Waals surface area contributed by atoms with Gasteiger partial charge in [0.1, 0.15) is 6.61 Å². The molecule has 0 fully saturated rings. The molecule has 3 rings (SSSR count). The molecule has 0 saturated carbocycles. The molecule has 2 aromatic rings. The standard InChI is InChI=1S/C16H18N4O3S/c1-3-8-20-15(18-19-16(20)24-10(2)14(17)21)13-9-22-11-6-4-5-7-12(11)23-13/h3-7,10,13H,1,8-9H2,2H3,(H2,17,21)/t10-,13-/m0/s1. The van der Waals surface area contributed by atoms with Gasteiger partial charge in [0.15, 0.2) is 28.6 Å². The van der Waals surface area contributed by atoms with Gasteiger partial charge in [-0.2, -0.15) is 0 Å². The largest absolute Gasteiger partial charge is 0.485 e. The zero-order chi connectivity index (χ0) is 17.1. The van der Waals surface area contributed by atoms with E-state index in [1.165, 1.54) is 11.8 Å². The Labute approximate surface area is 143 Å². The van der Waals surface area contributed by atoms with E-state index in [0.29, 0.717) is 35.6 Å². The number of benzene rings is 1. The van der Waals surface area contributed by atoms with Gasteiger partial charge >= 0.3 is 0 Å². The van der Waals surface area contributed by atoms with Crippen LogP contribution < -0.4 is 15.2 Å². The van der Waals surface area contributed by atoms with Crippen molar-refractivity contribution in [3.05, 3.63) is 42.7 Å². The van der Waals surface area contributed by atoms with Crippen LogP contribution in [0.3, 0.4) is 0 Å². The van der Waals surface area contributed by atoms with Crippen LogP contribution in [0.2, 0.25) is 0 Å². The molecule has 126 valence electrons. The third-order valence-corrected chi connectivity index (χ3v) is 4.64. The lowest BCUT2D eigenvalue weighted by atomic mass is 10.2. The second-order valence-corrected chi connectivity index (χ2v) is 6.57. The van der Waals surface area contributed by atoms with Crippen molar-refractivity contribution >= 4 is 17.7 Å². The Kier molecular flexibility index (Phi) is 4.75. The number of primary amides is 1. The predicted molar refractivity (Wildman–Crippen MR) is 90.0 cm³/mol.